The highest BCUT2D eigenvalue weighted by atomic mass is 32.2. The third kappa shape index (κ3) is 4.05. The van der Waals surface area contributed by atoms with Crippen LogP contribution in [0.25, 0.3) is 0 Å². The lowest BCUT2D eigenvalue weighted by atomic mass is 10.1. The van der Waals surface area contributed by atoms with Gasteiger partial charge in [0.05, 0.1) is 4.90 Å². The second-order valence-corrected chi connectivity index (χ2v) is 6.49. The summed E-state index contributed by atoms with van der Waals surface area (Å²) in [5.41, 5.74) is 6.91. The molecule has 21 heavy (non-hydrogen) atoms. The number of nitrogens with two attached hydrogens (primary N) is 1. The van der Waals surface area contributed by atoms with Crippen LogP contribution in [-0.4, -0.2) is 24.9 Å². The van der Waals surface area contributed by atoms with Gasteiger partial charge in [0.15, 0.2) is 0 Å². The lowest BCUT2D eigenvalue weighted by molar-refractivity contribution is 0.577. The van der Waals surface area contributed by atoms with Gasteiger partial charge in [-0.05, 0) is 30.5 Å². The Bertz CT molecular complexity index is 681. The SMILES string of the molecule is CCc1ccc(N)cc1S(=O)(=O)NCCCc1ncc[nH]1. The van der Waals surface area contributed by atoms with Crippen molar-refractivity contribution in [2.45, 2.75) is 31.1 Å². The Balaban J connectivity index is 1.99. The van der Waals surface area contributed by atoms with Crippen molar-refractivity contribution in [1.82, 2.24) is 14.7 Å². The molecule has 0 atom stereocenters. The van der Waals surface area contributed by atoms with Crippen molar-refractivity contribution < 1.29 is 8.42 Å². The predicted octanol–water partition coefficient (Wildman–Crippen LogP) is 1.47. The molecular weight excluding hydrogens is 288 g/mol. The number of imidazole rings is 1. The molecular formula is C14H20N4O2S. The number of nitrogens with one attached hydrogen (secondary N) is 2. The first-order chi connectivity index (χ1) is 10.0. The zero-order chi connectivity index (χ0) is 15.3. The highest BCUT2D eigenvalue weighted by molar-refractivity contribution is 7.89. The van der Waals surface area contributed by atoms with E-state index in [-0.39, 0.29) is 4.90 Å². The normalized spacial score (nSPS) is 11.7. The maximum Gasteiger partial charge on any atom is 0.240 e. The maximum absolute atomic E-state index is 12.3. The molecule has 0 saturated heterocycles. The molecule has 2 rings (SSSR count). The van der Waals surface area contributed by atoms with Gasteiger partial charge in [0, 0.05) is 31.0 Å². The van der Waals surface area contributed by atoms with Crippen molar-refractivity contribution in [3.63, 3.8) is 0 Å². The van der Waals surface area contributed by atoms with Crippen LogP contribution in [0, 0.1) is 0 Å². The molecule has 0 saturated carbocycles. The van der Waals surface area contributed by atoms with Crippen LogP contribution in [0.1, 0.15) is 24.7 Å². The summed E-state index contributed by atoms with van der Waals surface area (Å²) < 4.78 is 27.3. The molecule has 0 radical (unpaired) electrons. The van der Waals surface area contributed by atoms with E-state index >= 15 is 0 Å². The first-order valence-electron chi connectivity index (χ1n) is 6.89. The third-order valence-electron chi connectivity index (χ3n) is 3.20. The van der Waals surface area contributed by atoms with E-state index in [1.54, 1.807) is 24.5 Å². The van der Waals surface area contributed by atoms with Crippen LogP contribution in [0.4, 0.5) is 5.69 Å². The number of H-pyrrole nitrogens is 1. The standard InChI is InChI=1S/C14H20N4O2S/c1-2-11-5-6-12(15)10-13(11)21(19,20)18-7-3-4-14-16-8-9-17-14/h5-6,8-10,18H,2-4,7,15H2,1H3,(H,16,17). The zero-order valence-electron chi connectivity index (χ0n) is 12.0. The Morgan fingerprint density at radius 3 is 2.86 bits per heavy atom. The molecule has 4 N–H and O–H groups in total. The second kappa shape index (κ2) is 6.73. The van der Waals surface area contributed by atoms with Gasteiger partial charge >= 0.3 is 0 Å². The average molecular weight is 308 g/mol. The molecule has 0 bridgehead atoms. The molecule has 1 heterocycles. The van der Waals surface area contributed by atoms with E-state index in [1.807, 2.05) is 6.92 Å². The average Bonchev–Trinajstić information content (AvgIpc) is 2.97. The summed E-state index contributed by atoms with van der Waals surface area (Å²) in [5.74, 6) is 0.854. The van der Waals surface area contributed by atoms with Crippen molar-refractivity contribution in [2.75, 3.05) is 12.3 Å². The molecule has 0 aliphatic carbocycles. The van der Waals surface area contributed by atoms with Crippen LogP contribution in [0.3, 0.4) is 0 Å². The fourth-order valence-corrected chi connectivity index (χ4v) is 3.51. The van der Waals surface area contributed by atoms with E-state index in [1.165, 1.54) is 6.07 Å². The number of aromatic nitrogens is 2. The third-order valence-corrected chi connectivity index (χ3v) is 4.74. The van der Waals surface area contributed by atoms with Gasteiger partial charge in [-0.25, -0.2) is 18.1 Å². The first kappa shape index (κ1) is 15.5. The van der Waals surface area contributed by atoms with E-state index < -0.39 is 10.0 Å². The molecule has 0 spiro atoms. The molecule has 1 aromatic carbocycles. The minimum Gasteiger partial charge on any atom is -0.399 e. The summed E-state index contributed by atoms with van der Waals surface area (Å²) in [7, 11) is -3.53. The minimum atomic E-state index is -3.53. The lowest BCUT2D eigenvalue weighted by Crippen LogP contribution is -2.26. The van der Waals surface area contributed by atoms with E-state index in [0.717, 1.165) is 11.4 Å². The molecule has 0 fully saturated rings. The number of hydrogen-bond acceptors (Lipinski definition) is 4. The molecule has 0 aliphatic rings. The Hall–Kier alpha value is -1.86. The van der Waals surface area contributed by atoms with E-state index in [0.29, 0.717) is 31.5 Å². The summed E-state index contributed by atoms with van der Waals surface area (Å²) in [5, 5.41) is 0. The van der Waals surface area contributed by atoms with Gasteiger partial charge in [-0.1, -0.05) is 13.0 Å². The van der Waals surface area contributed by atoms with Crippen LogP contribution < -0.4 is 10.5 Å². The Morgan fingerprint density at radius 1 is 1.38 bits per heavy atom. The van der Waals surface area contributed by atoms with E-state index in [9.17, 15) is 8.42 Å². The van der Waals surface area contributed by atoms with Crippen LogP contribution in [0.2, 0.25) is 0 Å². The van der Waals surface area contributed by atoms with Crippen LogP contribution in [0.15, 0.2) is 35.5 Å². The van der Waals surface area contributed by atoms with Crippen LogP contribution in [-0.2, 0) is 22.9 Å². The molecule has 1 aromatic heterocycles. The van der Waals surface area contributed by atoms with E-state index in [2.05, 4.69) is 14.7 Å². The van der Waals surface area contributed by atoms with Crippen LogP contribution >= 0.6 is 0 Å². The van der Waals surface area contributed by atoms with Gasteiger partial charge in [-0.2, -0.15) is 0 Å². The van der Waals surface area contributed by atoms with Gasteiger partial charge in [-0.3, -0.25) is 0 Å². The number of aromatic amines is 1. The Morgan fingerprint density at radius 2 is 2.19 bits per heavy atom. The monoisotopic (exact) mass is 308 g/mol. The Kier molecular flexibility index (Phi) is 4.98. The number of benzene rings is 1. The molecule has 2 aromatic rings. The highest BCUT2D eigenvalue weighted by Crippen LogP contribution is 2.19. The molecule has 0 unspecified atom stereocenters. The second-order valence-electron chi connectivity index (χ2n) is 4.76. The van der Waals surface area contributed by atoms with Crippen molar-refractivity contribution in [1.29, 1.82) is 0 Å². The van der Waals surface area contributed by atoms with Crippen molar-refractivity contribution >= 4 is 15.7 Å². The smallest absolute Gasteiger partial charge is 0.240 e. The lowest BCUT2D eigenvalue weighted by Gasteiger charge is -2.11. The summed E-state index contributed by atoms with van der Waals surface area (Å²) in [4.78, 5) is 7.35. The van der Waals surface area contributed by atoms with Gasteiger partial charge < -0.3 is 10.7 Å². The minimum absolute atomic E-state index is 0.267. The molecule has 0 aliphatic heterocycles. The van der Waals surface area contributed by atoms with E-state index in [4.69, 9.17) is 5.73 Å². The van der Waals surface area contributed by atoms with Gasteiger partial charge in [-0.15, -0.1) is 0 Å². The summed E-state index contributed by atoms with van der Waals surface area (Å²) >= 11 is 0. The molecule has 7 heteroatoms. The van der Waals surface area contributed by atoms with Gasteiger partial charge in [0.2, 0.25) is 10.0 Å². The Labute approximate surface area is 124 Å². The summed E-state index contributed by atoms with van der Waals surface area (Å²) in [6.45, 7) is 2.28. The maximum atomic E-state index is 12.3. The predicted molar refractivity (Wildman–Crippen MR) is 82.3 cm³/mol. The number of aryl methyl sites for hydroxylation is 2. The number of anilines is 1. The van der Waals surface area contributed by atoms with Crippen LogP contribution in [0.5, 0.6) is 0 Å². The number of nitrogen functional groups attached to an aromatic ring is 1. The molecule has 0 amide bonds. The molecule has 6 nitrogen and oxygen atoms in total. The summed E-state index contributed by atoms with van der Waals surface area (Å²) in [6.07, 6.45) is 5.45. The zero-order valence-corrected chi connectivity index (χ0v) is 12.8. The van der Waals surface area contributed by atoms with Gasteiger partial charge in [0.25, 0.3) is 0 Å². The number of nitrogens with zero attached hydrogens (tertiary/aromatic N) is 1. The molecule has 114 valence electrons. The van der Waals surface area contributed by atoms with Crippen molar-refractivity contribution in [3.05, 3.63) is 42.0 Å². The number of sulfonamides is 1. The van der Waals surface area contributed by atoms with Crippen molar-refractivity contribution in [2.24, 2.45) is 0 Å². The van der Waals surface area contributed by atoms with Gasteiger partial charge in [0.1, 0.15) is 5.82 Å². The topological polar surface area (TPSA) is 101 Å². The largest absolute Gasteiger partial charge is 0.399 e. The number of hydrogen-bond donors (Lipinski definition) is 3. The fourth-order valence-electron chi connectivity index (χ4n) is 2.09. The number of rotatable bonds is 7. The fraction of sp³-hybridized carbons (Fsp3) is 0.357. The summed E-state index contributed by atoms with van der Waals surface area (Å²) in [6, 6.07) is 4.98. The quantitative estimate of drug-likeness (QED) is 0.532. The highest BCUT2D eigenvalue weighted by Gasteiger charge is 2.17. The van der Waals surface area contributed by atoms with Crippen molar-refractivity contribution in [3.8, 4) is 0 Å². The first-order valence-corrected chi connectivity index (χ1v) is 8.37.